The number of hydrogen-bond acceptors (Lipinski definition) is 4. The van der Waals surface area contributed by atoms with E-state index >= 15 is 0 Å². The summed E-state index contributed by atoms with van der Waals surface area (Å²) in [5.41, 5.74) is 0.936. The number of ether oxygens (including phenoxy) is 2. The first kappa shape index (κ1) is 16.1. The Morgan fingerprint density at radius 1 is 1.23 bits per heavy atom. The first-order valence-electron chi connectivity index (χ1n) is 7.52. The molecular formula is C17H21NO4. The summed E-state index contributed by atoms with van der Waals surface area (Å²) in [6.45, 7) is 2.16. The molecule has 1 N–H and O–H groups in total. The summed E-state index contributed by atoms with van der Waals surface area (Å²) in [5.74, 6) is -0.204. The molecule has 1 amide bonds. The Balaban J connectivity index is 1.68. The van der Waals surface area contributed by atoms with Crippen LogP contribution in [0.15, 0.2) is 42.5 Å². The SMILES string of the molecule is CCCC(=O)O[C@H]1C=C[C@@H](NC(=O)OCc2ccccc2)C1. The van der Waals surface area contributed by atoms with Crippen LogP contribution in [0.1, 0.15) is 31.7 Å². The molecule has 1 aliphatic rings. The van der Waals surface area contributed by atoms with E-state index in [1.807, 2.05) is 43.3 Å². The number of carbonyl (C=O) groups is 2. The van der Waals surface area contributed by atoms with Crippen molar-refractivity contribution in [2.75, 3.05) is 0 Å². The van der Waals surface area contributed by atoms with Gasteiger partial charge < -0.3 is 14.8 Å². The van der Waals surface area contributed by atoms with Crippen LogP contribution < -0.4 is 5.32 Å². The molecule has 0 radical (unpaired) electrons. The predicted octanol–water partition coefficient (Wildman–Crippen LogP) is 2.95. The second kappa shape index (κ2) is 8.22. The maximum atomic E-state index is 11.7. The van der Waals surface area contributed by atoms with Crippen molar-refractivity contribution in [2.24, 2.45) is 0 Å². The number of hydrogen-bond donors (Lipinski definition) is 1. The Hall–Kier alpha value is -2.30. The van der Waals surface area contributed by atoms with Crippen LogP contribution >= 0.6 is 0 Å². The second-order valence-corrected chi connectivity index (χ2v) is 5.21. The van der Waals surface area contributed by atoms with Gasteiger partial charge in [-0.1, -0.05) is 43.3 Å². The van der Waals surface area contributed by atoms with Gasteiger partial charge in [-0.25, -0.2) is 4.79 Å². The molecule has 0 aliphatic heterocycles. The fraction of sp³-hybridized carbons (Fsp3) is 0.412. The summed E-state index contributed by atoms with van der Waals surface area (Å²) in [5, 5.41) is 2.75. The summed E-state index contributed by atoms with van der Waals surface area (Å²) in [6, 6.07) is 9.32. The van der Waals surface area contributed by atoms with Gasteiger partial charge in [0.25, 0.3) is 0 Å². The number of benzene rings is 1. The van der Waals surface area contributed by atoms with E-state index in [9.17, 15) is 9.59 Å². The van der Waals surface area contributed by atoms with Crippen molar-refractivity contribution in [3.05, 3.63) is 48.0 Å². The zero-order valence-electron chi connectivity index (χ0n) is 12.7. The molecule has 0 heterocycles. The van der Waals surface area contributed by atoms with E-state index in [-0.39, 0.29) is 24.7 Å². The lowest BCUT2D eigenvalue weighted by atomic mass is 10.2. The highest BCUT2D eigenvalue weighted by Gasteiger charge is 2.23. The van der Waals surface area contributed by atoms with E-state index in [0.29, 0.717) is 12.8 Å². The first-order valence-corrected chi connectivity index (χ1v) is 7.52. The first-order chi connectivity index (χ1) is 10.7. The number of amides is 1. The number of carbonyl (C=O) groups excluding carboxylic acids is 2. The second-order valence-electron chi connectivity index (χ2n) is 5.21. The van der Waals surface area contributed by atoms with Crippen LogP contribution in [0, 0.1) is 0 Å². The molecule has 0 fully saturated rings. The predicted molar refractivity (Wildman–Crippen MR) is 82.1 cm³/mol. The molecule has 1 aromatic carbocycles. The molecule has 22 heavy (non-hydrogen) atoms. The van der Waals surface area contributed by atoms with Gasteiger partial charge in [0, 0.05) is 12.8 Å². The maximum absolute atomic E-state index is 11.7. The summed E-state index contributed by atoms with van der Waals surface area (Å²) in [6.07, 6.45) is 4.63. The molecule has 2 rings (SSSR count). The molecule has 5 heteroatoms. The van der Waals surface area contributed by atoms with Gasteiger partial charge in [-0.2, -0.15) is 0 Å². The van der Waals surface area contributed by atoms with Crippen LogP contribution in [0.2, 0.25) is 0 Å². The molecular weight excluding hydrogens is 282 g/mol. The lowest BCUT2D eigenvalue weighted by molar-refractivity contribution is -0.146. The van der Waals surface area contributed by atoms with Gasteiger partial charge in [0.15, 0.2) is 0 Å². The van der Waals surface area contributed by atoms with Crippen molar-refractivity contribution in [3.63, 3.8) is 0 Å². The third-order valence-electron chi connectivity index (χ3n) is 3.30. The molecule has 0 bridgehead atoms. The maximum Gasteiger partial charge on any atom is 0.407 e. The fourth-order valence-corrected chi connectivity index (χ4v) is 2.21. The van der Waals surface area contributed by atoms with Crippen LogP contribution in [0.4, 0.5) is 4.79 Å². The van der Waals surface area contributed by atoms with E-state index in [4.69, 9.17) is 9.47 Å². The highest BCUT2D eigenvalue weighted by Crippen LogP contribution is 2.15. The quantitative estimate of drug-likeness (QED) is 0.648. The van der Waals surface area contributed by atoms with E-state index in [2.05, 4.69) is 5.32 Å². The van der Waals surface area contributed by atoms with Crippen molar-refractivity contribution < 1.29 is 19.1 Å². The van der Waals surface area contributed by atoms with Crippen molar-refractivity contribution in [1.29, 1.82) is 0 Å². The average Bonchev–Trinajstić information content (AvgIpc) is 2.93. The van der Waals surface area contributed by atoms with Crippen molar-refractivity contribution in [3.8, 4) is 0 Å². The van der Waals surface area contributed by atoms with Crippen molar-refractivity contribution in [1.82, 2.24) is 5.32 Å². The van der Waals surface area contributed by atoms with E-state index < -0.39 is 6.09 Å². The van der Waals surface area contributed by atoms with Gasteiger partial charge in [0.1, 0.15) is 12.7 Å². The number of esters is 1. The Morgan fingerprint density at radius 2 is 2.00 bits per heavy atom. The molecule has 5 nitrogen and oxygen atoms in total. The smallest absolute Gasteiger partial charge is 0.407 e. The third kappa shape index (κ3) is 5.24. The monoisotopic (exact) mass is 303 g/mol. The minimum Gasteiger partial charge on any atom is -0.458 e. The zero-order chi connectivity index (χ0) is 15.8. The average molecular weight is 303 g/mol. The van der Waals surface area contributed by atoms with Gasteiger partial charge in [-0.05, 0) is 18.1 Å². The van der Waals surface area contributed by atoms with Crippen molar-refractivity contribution >= 4 is 12.1 Å². The molecule has 1 aromatic rings. The Kier molecular flexibility index (Phi) is 6.01. The fourth-order valence-electron chi connectivity index (χ4n) is 2.21. The van der Waals surface area contributed by atoms with Gasteiger partial charge in [-0.15, -0.1) is 0 Å². The Bertz CT molecular complexity index is 527. The van der Waals surface area contributed by atoms with Crippen LogP contribution in [0.5, 0.6) is 0 Å². The summed E-state index contributed by atoms with van der Waals surface area (Å²) in [7, 11) is 0. The van der Waals surface area contributed by atoms with E-state index in [1.54, 1.807) is 6.08 Å². The van der Waals surface area contributed by atoms with E-state index in [1.165, 1.54) is 0 Å². The minimum atomic E-state index is -0.473. The summed E-state index contributed by atoms with van der Waals surface area (Å²) < 4.78 is 10.4. The summed E-state index contributed by atoms with van der Waals surface area (Å²) in [4.78, 5) is 23.1. The van der Waals surface area contributed by atoms with Crippen LogP contribution in [0.3, 0.4) is 0 Å². The number of rotatable bonds is 6. The molecule has 0 unspecified atom stereocenters. The van der Waals surface area contributed by atoms with Gasteiger partial charge in [0.2, 0.25) is 0 Å². The third-order valence-corrected chi connectivity index (χ3v) is 3.30. The van der Waals surface area contributed by atoms with Crippen molar-refractivity contribution in [2.45, 2.75) is 44.9 Å². The Morgan fingerprint density at radius 3 is 2.73 bits per heavy atom. The van der Waals surface area contributed by atoms with E-state index in [0.717, 1.165) is 12.0 Å². The minimum absolute atomic E-state index is 0.164. The standard InChI is InChI=1S/C17H21NO4/c1-2-6-16(19)22-15-10-9-14(11-15)18-17(20)21-12-13-7-4-3-5-8-13/h3-5,7-10,14-15H,2,6,11-12H2,1H3,(H,18,20)/t14-,15+/m1/s1. The van der Waals surface area contributed by atoms with Gasteiger partial charge in [0.05, 0.1) is 6.04 Å². The lowest BCUT2D eigenvalue weighted by Gasteiger charge is -2.14. The van der Waals surface area contributed by atoms with Gasteiger partial charge >= 0.3 is 12.1 Å². The Labute approximate surface area is 130 Å². The molecule has 2 atom stereocenters. The largest absolute Gasteiger partial charge is 0.458 e. The molecule has 1 aliphatic carbocycles. The lowest BCUT2D eigenvalue weighted by Crippen LogP contribution is -2.34. The highest BCUT2D eigenvalue weighted by atomic mass is 16.6. The van der Waals surface area contributed by atoms with Crippen LogP contribution in [-0.2, 0) is 20.9 Å². The van der Waals surface area contributed by atoms with Crippen LogP contribution in [-0.4, -0.2) is 24.2 Å². The van der Waals surface area contributed by atoms with Gasteiger partial charge in [-0.3, -0.25) is 4.79 Å². The number of alkyl carbamates (subject to hydrolysis) is 1. The summed E-state index contributed by atoms with van der Waals surface area (Å²) >= 11 is 0. The molecule has 0 spiro atoms. The number of nitrogens with one attached hydrogen (secondary N) is 1. The molecule has 0 aromatic heterocycles. The zero-order valence-corrected chi connectivity index (χ0v) is 12.7. The molecule has 0 saturated carbocycles. The van der Waals surface area contributed by atoms with Crippen LogP contribution in [0.25, 0.3) is 0 Å². The molecule has 118 valence electrons. The highest BCUT2D eigenvalue weighted by molar-refractivity contribution is 5.70. The molecule has 0 saturated heterocycles. The topological polar surface area (TPSA) is 64.6 Å². The normalized spacial score (nSPS) is 19.7.